The van der Waals surface area contributed by atoms with E-state index in [-0.39, 0.29) is 5.69 Å². The van der Waals surface area contributed by atoms with E-state index in [4.69, 9.17) is 16.3 Å². The lowest BCUT2D eigenvalue weighted by Gasteiger charge is -2.29. The maximum Gasteiger partial charge on any atom is 0.248 e. The van der Waals surface area contributed by atoms with Crippen molar-refractivity contribution in [2.45, 2.75) is 17.9 Å². The highest BCUT2D eigenvalue weighted by Crippen LogP contribution is 2.34. The number of para-hydroxylation sites is 1. The van der Waals surface area contributed by atoms with Crippen LogP contribution in [0.5, 0.6) is 5.75 Å². The molecule has 146 valence electrons. The number of nitrogens with one attached hydrogen (secondary N) is 1. The third-order valence-electron chi connectivity index (χ3n) is 3.83. The Morgan fingerprint density at radius 3 is 2.52 bits per heavy atom. The molecule has 1 amide bonds. The first-order chi connectivity index (χ1) is 12.7. The Morgan fingerprint density at radius 1 is 1.26 bits per heavy atom. The number of nitrogens with zero attached hydrogens (tertiary/aromatic N) is 1. The predicted molar refractivity (Wildman–Crippen MR) is 112 cm³/mol. The number of rotatable bonds is 7. The van der Waals surface area contributed by atoms with Gasteiger partial charge in [0.2, 0.25) is 15.9 Å². The molecule has 6 nitrogen and oxygen atoms in total. The Kier molecular flexibility index (Phi) is 7.02. The maximum absolute atomic E-state index is 12.8. The van der Waals surface area contributed by atoms with Crippen molar-refractivity contribution in [3.8, 4) is 5.75 Å². The Labute approximate surface area is 168 Å². The number of carbonyl (C=O) groups is 1. The van der Waals surface area contributed by atoms with Crippen LogP contribution >= 0.6 is 23.4 Å². The summed E-state index contributed by atoms with van der Waals surface area (Å²) in [5, 5.41) is 3.13. The van der Waals surface area contributed by atoms with Crippen molar-refractivity contribution in [2.24, 2.45) is 0 Å². The SMILES string of the molecule is COc1ccc(Cl)cc1N([C@H](C)C(=O)Nc1ccccc1SC)S(C)(=O)=O. The molecular formula is C18H21ClN2O4S2. The van der Waals surface area contributed by atoms with Gasteiger partial charge in [-0.2, -0.15) is 0 Å². The third kappa shape index (κ3) is 5.09. The van der Waals surface area contributed by atoms with E-state index in [1.54, 1.807) is 24.3 Å². The monoisotopic (exact) mass is 428 g/mol. The summed E-state index contributed by atoms with van der Waals surface area (Å²) in [6, 6.07) is 10.9. The van der Waals surface area contributed by atoms with Gasteiger partial charge >= 0.3 is 0 Å². The summed E-state index contributed by atoms with van der Waals surface area (Å²) in [7, 11) is -2.37. The average Bonchev–Trinajstić information content (AvgIpc) is 2.61. The van der Waals surface area contributed by atoms with Crippen molar-refractivity contribution in [3.05, 3.63) is 47.5 Å². The number of benzene rings is 2. The number of hydrogen-bond donors (Lipinski definition) is 1. The fraction of sp³-hybridized carbons (Fsp3) is 0.278. The lowest BCUT2D eigenvalue weighted by molar-refractivity contribution is -0.116. The second-order valence-corrected chi connectivity index (χ2v) is 8.88. The summed E-state index contributed by atoms with van der Waals surface area (Å²) < 4.78 is 31.2. The van der Waals surface area contributed by atoms with Gasteiger partial charge in [-0.05, 0) is 43.5 Å². The van der Waals surface area contributed by atoms with E-state index in [1.807, 2.05) is 18.4 Å². The molecule has 27 heavy (non-hydrogen) atoms. The Balaban J connectivity index is 2.43. The van der Waals surface area contributed by atoms with Crippen LogP contribution in [0.15, 0.2) is 47.4 Å². The zero-order chi connectivity index (χ0) is 20.2. The summed E-state index contributed by atoms with van der Waals surface area (Å²) in [6.07, 6.45) is 2.93. The fourth-order valence-electron chi connectivity index (χ4n) is 2.60. The number of amides is 1. The van der Waals surface area contributed by atoms with Crippen molar-refractivity contribution in [1.82, 2.24) is 0 Å². The molecule has 0 saturated heterocycles. The minimum absolute atomic E-state index is 0.202. The third-order valence-corrected chi connectivity index (χ3v) is 6.09. The normalized spacial score (nSPS) is 12.3. The van der Waals surface area contributed by atoms with Gasteiger partial charge in [-0.3, -0.25) is 9.10 Å². The highest BCUT2D eigenvalue weighted by molar-refractivity contribution is 7.98. The van der Waals surface area contributed by atoms with Crippen LogP contribution in [-0.4, -0.2) is 40.0 Å². The van der Waals surface area contributed by atoms with Gasteiger partial charge in [0.25, 0.3) is 0 Å². The van der Waals surface area contributed by atoms with Crippen LogP contribution in [-0.2, 0) is 14.8 Å². The van der Waals surface area contributed by atoms with E-state index in [0.29, 0.717) is 16.5 Å². The fourth-order valence-corrected chi connectivity index (χ4v) is 4.49. The van der Waals surface area contributed by atoms with Crippen molar-refractivity contribution in [1.29, 1.82) is 0 Å². The maximum atomic E-state index is 12.8. The van der Waals surface area contributed by atoms with E-state index in [1.165, 1.54) is 31.9 Å². The van der Waals surface area contributed by atoms with Crippen LogP contribution in [0.1, 0.15) is 6.92 Å². The number of ether oxygens (including phenoxy) is 1. The second kappa shape index (κ2) is 8.86. The van der Waals surface area contributed by atoms with Crippen molar-refractivity contribution in [3.63, 3.8) is 0 Å². The summed E-state index contributed by atoms with van der Waals surface area (Å²) in [5.74, 6) is -0.169. The minimum atomic E-state index is -3.79. The van der Waals surface area contributed by atoms with Crippen LogP contribution in [0.4, 0.5) is 11.4 Å². The van der Waals surface area contributed by atoms with E-state index in [0.717, 1.165) is 15.5 Å². The molecule has 0 fully saturated rings. The van der Waals surface area contributed by atoms with Gasteiger partial charge in [0.15, 0.2) is 0 Å². The van der Waals surface area contributed by atoms with Gasteiger partial charge in [-0.25, -0.2) is 8.42 Å². The predicted octanol–water partition coefficient (Wildman–Crippen LogP) is 3.86. The van der Waals surface area contributed by atoms with Gasteiger partial charge in [0.05, 0.1) is 24.7 Å². The van der Waals surface area contributed by atoms with Crippen molar-refractivity contribution >= 4 is 50.7 Å². The molecule has 0 aliphatic heterocycles. The molecule has 2 aromatic carbocycles. The largest absolute Gasteiger partial charge is 0.495 e. The van der Waals surface area contributed by atoms with Crippen LogP contribution < -0.4 is 14.4 Å². The standard InChI is InChI=1S/C18H21ClN2O4S2/c1-12(18(22)20-14-7-5-6-8-17(14)26-3)21(27(4,23)24)15-11-13(19)9-10-16(15)25-2/h5-12H,1-4H3,(H,20,22)/t12-/m1/s1. The molecule has 0 saturated carbocycles. The Hall–Kier alpha value is -1.90. The molecule has 0 aliphatic carbocycles. The number of methoxy groups -OCH3 is 1. The molecule has 0 spiro atoms. The molecule has 0 aromatic heterocycles. The Morgan fingerprint density at radius 2 is 1.93 bits per heavy atom. The number of hydrogen-bond acceptors (Lipinski definition) is 5. The van der Waals surface area contributed by atoms with Gasteiger partial charge in [0, 0.05) is 9.92 Å². The quantitative estimate of drug-likeness (QED) is 0.677. The van der Waals surface area contributed by atoms with Crippen molar-refractivity contribution < 1.29 is 17.9 Å². The van der Waals surface area contributed by atoms with E-state index < -0.39 is 22.0 Å². The molecule has 2 aromatic rings. The summed E-state index contributed by atoms with van der Waals surface area (Å²) in [5.41, 5.74) is 0.821. The molecule has 0 aliphatic rings. The first-order valence-electron chi connectivity index (χ1n) is 7.96. The van der Waals surface area contributed by atoms with Crippen LogP contribution in [0, 0.1) is 0 Å². The topological polar surface area (TPSA) is 75.7 Å². The van der Waals surface area contributed by atoms with Gasteiger partial charge < -0.3 is 10.1 Å². The van der Waals surface area contributed by atoms with Gasteiger partial charge in [-0.15, -0.1) is 11.8 Å². The van der Waals surface area contributed by atoms with Crippen LogP contribution in [0.2, 0.25) is 5.02 Å². The zero-order valence-corrected chi connectivity index (χ0v) is 17.8. The number of thioether (sulfide) groups is 1. The molecule has 0 radical (unpaired) electrons. The molecule has 1 atom stereocenters. The number of anilines is 2. The summed E-state index contributed by atoms with van der Waals surface area (Å²) in [6.45, 7) is 1.51. The number of carbonyl (C=O) groups excluding carboxylic acids is 1. The van der Waals surface area contributed by atoms with E-state index in [9.17, 15) is 13.2 Å². The van der Waals surface area contributed by atoms with Crippen LogP contribution in [0.3, 0.4) is 0 Å². The van der Waals surface area contributed by atoms with Gasteiger partial charge in [0.1, 0.15) is 11.8 Å². The van der Waals surface area contributed by atoms with E-state index in [2.05, 4.69) is 5.32 Å². The molecule has 1 N–H and O–H groups in total. The Bertz CT molecular complexity index is 935. The molecule has 0 bridgehead atoms. The highest BCUT2D eigenvalue weighted by atomic mass is 35.5. The zero-order valence-electron chi connectivity index (χ0n) is 15.4. The molecular weight excluding hydrogens is 408 g/mol. The summed E-state index contributed by atoms with van der Waals surface area (Å²) >= 11 is 7.52. The van der Waals surface area contributed by atoms with Crippen molar-refractivity contribution in [2.75, 3.05) is 29.2 Å². The smallest absolute Gasteiger partial charge is 0.248 e. The number of halogens is 1. The second-order valence-electron chi connectivity index (χ2n) is 5.74. The number of sulfonamides is 1. The van der Waals surface area contributed by atoms with E-state index >= 15 is 0 Å². The first-order valence-corrected chi connectivity index (χ1v) is 11.4. The molecule has 0 unspecified atom stereocenters. The highest BCUT2D eigenvalue weighted by Gasteiger charge is 2.31. The average molecular weight is 429 g/mol. The summed E-state index contributed by atoms with van der Waals surface area (Å²) in [4.78, 5) is 13.7. The molecule has 9 heteroatoms. The minimum Gasteiger partial charge on any atom is -0.495 e. The van der Waals surface area contributed by atoms with Gasteiger partial charge in [-0.1, -0.05) is 23.7 Å². The lowest BCUT2D eigenvalue weighted by atomic mass is 10.2. The molecule has 0 heterocycles. The molecule has 2 rings (SSSR count). The first kappa shape index (κ1) is 21.4. The lowest BCUT2D eigenvalue weighted by Crippen LogP contribution is -2.45. The van der Waals surface area contributed by atoms with Crippen LogP contribution in [0.25, 0.3) is 0 Å².